The van der Waals surface area contributed by atoms with E-state index in [1.54, 1.807) is 16.0 Å². The Hall–Kier alpha value is -3.00. The number of nitrogens with one attached hydrogen (secondary N) is 1. The van der Waals surface area contributed by atoms with Crippen LogP contribution in [0.5, 0.6) is 0 Å². The number of rotatable bonds is 4. The maximum Gasteiger partial charge on any atom is 0.338 e. The van der Waals surface area contributed by atoms with Gasteiger partial charge in [-0.3, -0.25) is 0 Å². The van der Waals surface area contributed by atoms with E-state index in [0.717, 1.165) is 10.4 Å². The van der Waals surface area contributed by atoms with Gasteiger partial charge in [0.1, 0.15) is 12.6 Å². The lowest BCUT2D eigenvalue weighted by molar-refractivity contribution is -0.140. The molecule has 3 heterocycles. The number of tetrazole rings is 1. The van der Waals surface area contributed by atoms with Crippen molar-refractivity contribution >= 4 is 23.3 Å². The molecular weight excluding hydrogens is 338 g/mol. The number of ether oxygens (including phenoxy) is 1. The van der Waals surface area contributed by atoms with Crippen molar-refractivity contribution in [2.45, 2.75) is 19.6 Å². The van der Waals surface area contributed by atoms with Crippen molar-refractivity contribution in [3.8, 4) is 0 Å². The predicted octanol–water partition coefficient (Wildman–Crippen LogP) is 2.77. The second kappa shape index (κ2) is 6.48. The van der Waals surface area contributed by atoms with Crippen LogP contribution in [0.1, 0.15) is 23.4 Å². The Balaban J connectivity index is 1.65. The maximum atomic E-state index is 12.8. The van der Waals surface area contributed by atoms with E-state index in [1.165, 1.54) is 0 Å². The number of nitrogens with zero attached hydrogens (tertiary/aromatic N) is 4. The number of allylic oxidation sites excluding steroid dienone is 1. The number of carbonyl (C=O) groups is 1. The minimum absolute atomic E-state index is 0.218. The van der Waals surface area contributed by atoms with Crippen LogP contribution in [-0.2, 0) is 16.1 Å². The molecule has 0 fully saturated rings. The zero-order valence-corrected chi connectivity index (χ0v) is 14.2. The number of thiophene rings is 1. The van der Waals surface area contributed by atoms with Crippen LogP contribution in [0.2, 0.25) is 0 Å². The van der Waals surface area contributed by atoms with E-state index in [1.807, 2.05) is 54.8 Å². The van der Waals surface area contributed by atoms with Crippen molar-refractivity contribution in [1.29, 1.82) is 0 Å². The summed E-state index contributed by atoms with van der Waals surface area (Å²) in [6, 6.07) is 13.1. The monoisotopic (exact) mass is 353 g/mol. The molecule has 0 radical (unpaired) electrons. The van der Waals surface area contributed by atoms with Gasteiger partial charge < -0.3 is 10.1 Å². The van der Waals surface area contributed by atoms with Gasteiger partial charge in [0.05, 0.1) is 5.57 Å². The highest BCUT2D eigenvalue weighted by Gasteiger charge is 2.35. The average Bonchev–Trinajstić information content (AvgIpc) is 3.31. The van der Waals surface area contributed by atoms with Gasteiger partial charge in [0, 0.05) is 10.6 Å². The third-order valence-electron chi connectivity index (χ3n) is 3.96. The van der Waals surface area contributed by atoms with Crippen molar-refractivity contribution in [2.75, 3.05) is 5.32 Å². The summed E-state index contributed by atoms with van der Waals surface area (Å²) in [6.45, 7) is 2.05. The minimum atomic E-state index is -0.394. The third-order valence-corrected chi connectivity index (χ3v) is 4.88. The molecule has 1 aliphatic heterocycles. The summed E-state index contributed by atoms with van der Waals surface area (Å²) in [5.41, 5.74) is 2.14. The first-order valence-electron chi connectivity index (χ1n) is 7.74. The van der Waals surface area contributed by atoms with Gasteiger partial charge in [-0.15, -0.1) is 11.3 Å². The molecule has 2 aromatic heterocycles. The van der Waals surface area contributed by atoms with Crippen molar-refractivity contribution in [3.05, 3.63) is 69.6 Å². The van der Waals surface area contributed by atoms with E-state index < -0.39 is 6.04 Å². The van der Waals surface area contributed by atoms with Crippen LogP contribution < -0.4 is 5.32 Å². The number of aromatic nitrogens is 4. The zero-order valence-electron chi connectivity index (χ0n) is 13.4. The molecular formula is C17H15N5O2S. The number of esters is 1. The first-order chi connectivity index (χ1) is 12.2. The van der Waals surface area contributed by atoms with E-state index >= 15 is 0 Å². The Kier molecular flexibility index (Phi) is 4.02. The predicted molar refractivity (Wildman–Crippen MR) is 92.8 cm³/mol. The zero-order chi connectivity index (χ0) is 17.2. The van der Waals surface area contributed by atoms with E-state index in [-0.39, 0.29) is 12.6 Å². The van der Waals surface area contributed by atoms with Crippen LogP contribution >= 0.6 is 11.3 Å². The number of fused-ring (bicyclic) bond motifs is 1. The Labute approximate surface area is 147 Å². The molecule has 126 valence electrons. The highest BCUT2D eigenvalue weighted by Crippen LogP contribution is 2.36. The summed E-state index contributed by atoms with van der Waals surface area (Å²) in [5.74, 6) is 0.129. The van der Waals surface area contributed by atoms with Crippen molar-refractivity contribution in [3.63, 3.8) is 0 Å². The molecule has 1 aromatic carbocycles. The number of benzene rings is 1. The summed E-state index contributed by atoms with van der Waals surface area (Å²) in [5, 5.41) is 16.7. The molecule has 0 amide bonds. The Morgan fingerprint density at radius 2 is 2.12 bits per heavy atom. The molecule has 7 nitrogen and oxygen atoms in total. The normalized spacial score (nSPS) is 16.3. The Bertz CT molecular complexity index is 918. The van der Waals surface area contributed by atoms with Crippen LogP contribution in [0.3, 0.4) is 0 Å². The van der Waals surface area contributed by atoms with E-state index in [2.05, 4.69) is 20.8 Å². The summed E-state index contributed by atoms with van der Waals surface area (Å²) >= 11 is 1.55. The van der Waals surface area contributed by atoms with Crippen molar-refractivity contribution < 1.29 is 9.53 Å². The number of hydrogen-bond acceptors (Lipinski definition) is 7. The molecule has 0 saturated carbocycles. The number of carbonyl (C=O) groups excluding carboxylic acids is 1. The number of anilines is 1. The van der Waals surface area contributed by atoms with Crippen molar-refractivity contribution in [1.82, 2.24) is 20.2 Å². The maximum absolute atomic E-state index is 12.8. The molecule has 1 unspecified atom stereocenters. The van der Waals surface area contributed by atoms with Gasteiger partial charge in [0.15, 0.2) is 0 Å². The standard InChI is InChI=1S/C17H15N5O2S/c1-11-14(16(23)24-10-12-6-3-2-4-7-12)15(13-8-5-9-25-13)22-17(18-11)19-20-21-22/h2-9,15H,10H2,1H3,(H,18,19,21). The molecule has 0 bridgehead atoms. The fraction of sp³-hybridized carbons (Fsp3) is 0.176. The molecule has 3 aromatic rings. The lowest BCUT2D eigenvalue weighted by Gasteiger charge is -2.26. The molecule has 25 heavy (non-hydrogen) atoms. The average molecular weight is 353 g/mol. The molecule has 0 spiro atoms. The second-order valence-corrected chi connectivity index (χ2v) is 6.57. The van der Waals surface area contributed by atoms with E-state index in [4.69, 9.17) is 4.74 Å². The first kappa shape index (κ1) is 15.5. The van der Waals surface area contributed by atoms with Gasteiger partial charge in [-0.2, -0.15) is 4.68 Å². The first-order valence-corrected chi connectivity index (χ1v) is 8.62. The highest BCUT2D eigenvalue weighted by atomic mass is 32.1. The smallest absolute Gasteiger partial charge is 0.338 e. The van der Waals surface area contributed by atoms with Gasteiger partial charge in [-0.05, 0) is 34.4 Å². The van der Waals surface area contributed by atoms with Crippen LogP contribution in [-0.4, -0.2) is 26.2 Å². The largest absolute Gasteiger partial charge is 0.457 e. The van der Waals surface area contributed by atoms with Gasteiger partial charge in [0.25, 0.3) is 0 Å². The summed E-state index contributed by atoms with van der Waals surface area (Å²) in [7, 11) is 0. The topological polar surface area (TPSA) is 81.9 Å². The molecule has 4 rings (SSSR count). The lowest BCUT2D eigenvalue weighted by atomic mass is 10.0. The van der Waals surface area contributed by atoms with Gasteiger partial charge in [-0.25, -0.2) is 4.79 Å². The Morgan fingerprint density at radius 3 is 2.88 bits per heavy atom. The lowest BCUT2D eigenvalue weighted by Crippen LogP contribution is -2.29. The van der Waals surface area contributed by atoms with Crippen LogP contribution in [0, 0.1) is 0 Å². The van der Waals surface area contributed by atoms with E-state index in [0.29, 0.717) is 17.2 Å². The molecule has 1 atom stereocenters. The molecule has 1 aliphatic rings. The second-order valence-electron chi connectivity index (χ2n) is 5.59. The molecule has 1 N–H and O–H groups in total. The van der Waals surface area contributed by atoms with Crippen LogP contribution in [0.25, 0.3) is 0 Å². The van der Waals surface area contributed by atoms with Gasteiger partial charge in [0.2, 0.25) is 5.95 Å². The van der Waals surface area contributed by atoms with Gasteiger partial charge >= 0.3 is 5.97 Å². The van der Waals surface area contributed by atoms with Crippen LogP contribution in [0.15, 0.2) is 59.1 Å². The molecule has 0 saturated heterocycles. The van der Waals surface area contributed by atoms with Crippen molar-refractivity contribution in [2.24, 2.45) is 0 Å². The minimum Gasteiger partial charge on any atom is -0.457 e. The highest BCUT2D eigenvalue weighted by molar-refractivity contribution is 7.10. The van der Waals surface area contributed by atoms with Crippen LogP contribution in [0.4, 0.5) is 5.95 Å². The quantitative estimate of drug-likeness (QED) is 0.726. The third kappa shape index (κ3) is 2.91. The summed E-state index contributed by atoms with van der Waals surface area (Å²) < 4.78 is 7.15. The molecule has 8 heteroatoms. The summed E-state index contributed by atoms with van der Waals surface area (Å²) in [6.07, 6.45) is 0. The van der Waals surface area contributed by atoms with E-state index in [9.17, 15) is 4.79 Å². The van der Waals surface area contributed by atoms with Gasteiger partial charge in [-0.1, -0.05) is 41.5 Å². The fourth-order valence-electron chi connectivity index (χ4n) is 2.79. The SMILES string of the molecule is CC1=C(C(=O)OCc2ccccc2)C(c2cccs2)n2nnnc2N1. The molecule has 0 aliphatic carbocycles. The summed E-state index contributed by atoms with van der Waals surface area (Å²) in [4.78, 5) is 13.8. The fourth-order valence-corrected chi connectivity index (χ4v) is 3.61. The number of hydrogen-bond donors (Lipinski definition) is 1. The Morgan fingerprint density at radius 1 is 1.28 bits per heavy atom.